The highest BCUT2D eigenvalue weighted by atomic mass is 35.5. The summed E-state index contributed by atoms with van der Waals surface area (Å²) in [7, 11) is 0. The van der Waals surface area contributed by atoms with E-state index < -0.39 is 0 Å². The molecule has 5 nitrogen and oxygen atoms in total. The molecule has 0 saturated heterocycles. The van der Waals surface area contributed by atoms with Gasteiger partial charge in [0.05, 0.1) is 0 Å². The van der Waals surface area contributed by atoms with Crippen LogP contribution in [0.3, 0.4) is 0 Å². The molecule has 2 heterocycles. The molecule has 3 rings (SSSR count). The van der Waals surface area contributed by atoms with Crippen LogP contribution in [0.15, 0.2) is 65.4 Å². The first-order chi connectivity index (χ1) is 15.0. The number of amidine groups is 2. The summed E-state index contributed by atoms with van der Waals surface area (Å²) < 4.78 is 0. The molecule has 0 atom stereocenters. The van der Waals surface area contributed by atoms with E-state index in [9.17, 15) is 4.79 Å². The van der Waals surface area contributed by atoms with Gasteiger partial charge in [-0.15, -0.1) is 0 Å². The van der Waals surface area contributed by atoms with Crippen LogP contribution in [0.25, 0.3) is 16.7 Å². The third-order valence-corrected chi connectivity index (χ3v) is 5.05. The van der Waals surface area contributed by atoms with Gasteiger partial charge in [-0.2, -0.15) is 0 Å². The predicted octanol–water partition coefficient (Wildman–Crippen LogP) is 6.33. The van der Waals surface area contributed by atoms with Crippen LogP contribution in [0.4, 0.5) is 0 Å². The van der Waals surface area contributed by atoms with Crippen molar-refractivity contribution < 1.29 is 4.79 Å². The van der Waals surface area contributed by atoms with Gasteiger partial charge in [0.1, 0.15) is 11.7 Å². The Balaban J connectivity index is 0.00000166. The van der Waals surface area contributed by atoms with Gasteiger partial charge in [-0.3, -0.25) is 14.7 Å². The van der Waals surface area contributed by atoms with Gasteiger partial charge in [-0.05, 0) is 38.5 Å². The van der Waals surface area contributed by atoms with E-state index in [4.69, 9.17) is 11.6 Å². The molecule has 1 aromatic carbocycles. The van der Waals surface area contributed by atoms with Crippen molar-refractivity contribution in [1.29, 1.82) is 0 Å². The van der Waals surface area contributed by atoms with Gasteiger partial charge in [0.25, 0.3) is 5.91 Å². The van der Waals surface area contributed by atoms with Crippen molar-refractivity contribution in [3.8, 4) is 11.1 Å². The summed E-state index contributed by atoms with van der Waals surface area (Å²) in [6, 6.07) is 9.66. The summed E-state index contributed by atoms with van der Waals surface area (Å²) in [5.41, 5.74) is 4.23. The minimum atomic E-state index is -0.115. The number of halogens is 1. The van der Waals surface area contributed by atoms with E-state index in [0.29, 0.717) is 35.2 Å². The molecule has 0 saturated carbocycles. The van der Waals surface area contributed by atoms with Gasteiger partial charge in [0, 0.05) is 52.8 Å². The fraction of sp³-hybridized carbons (Fsp3) is 0.280. The Labute approximate surface area is 189 Å². The quantitative estimate of drug-likeness (QED) is 0.415. The molecule has 1 aromatic heterocycles. The number of carbonyl (C=O) groups excluding carboxylic acids is 1. The van der Waals surface area contributed by atoms with Crippen LogP contribution >= 0.6 is 11.6 Å². The molecule has 6 heteroatoms. The van der Waals surface area contributed by atoms with E-state index in [2.05, 4.69) is 21.5 Å². The van der Waals surface area contributed by atoms with Crippen LogP contribution in [-0.4, -0.2) is 34.0 Å². The van der Waals surface area contributed by atoms with Crippen molar-refractivity contribution in [2.24, 2.45) is 9.98 Å². The van der Waals surface area contributed by atoms with Gasteiger partial charge in [0.2, 0.25) is 0 Å². The summed E-state index contributed by atoms with van der Waals surface area (Å²) >= 11 is 6.59. The van der Waals surface area contributed by atoms with Crippen molar-refractivity contribution in [3.05, 3.63) is 71.7 Å². The molecule has 0 unspecified atom stereocenters. The zero-order chi connectivity index (χ0) is 23.0. The van der Waals surface area contributed by atoms with Crippen LogP contribution < -0.4 is 0 Å². The highest BCUT2D eigenvalue weighted by Gasteiger charge is 2.28. The lowest BCUT2D eigenvalue weighted by molar-refractivity contribution is -0.121. The molecular formula is C25H29ClN4O. The number of aromatic nitrogens is 1. The summed E-state index contributed by atoms with van der Waals surface area (Å²) in [5, 5.41) is 0.534. The second-order valence-electron chi connectivity index (χ2n) is 6.59. The minimum Gasteiger partial charge on any atom is -0.296 e. The first-order valence-corrected chi connectivity index (χ1v) is 10.8. The summed E-state index contributed by atoms with van der Waals surface area (Å²) in [4.78, 5) is 27.6. The molecule has 0 N–H and O–H groups in total. The van der Waals surface area contributed by atoms with Crippen molar-refractivity contribution in [3.63, 3.8) is 0 Å². The van der Waals surface area contributed by atoms with Crippen molar-refractivity contribution >= 4 is 34.8 Å². The highest BCUT2D eigenvalue weighted by Crippen LogP contribution is 2.33. The Kier molecular flexibility index (Phi) is 8.88. The van der Waals surface area contributed by atoms with Gasteiger partial charge in [-0.1, -0.05) is 56.3 Å². The topological polar surface area (TPSA) is 57.9 Å². The number of nitrogens with zero attached hydrogens (tertiary/aromatic N) is 4. The Morgan fingerprint density at radius 1 is 1.29 bits per heavy atom. The summed E-state index contributed by atoms with van der Waals surface area (Å²) in [6.07, 6.45) is 5.61. The SMILES string of the molecule is C=CN=C(C)N=C1CC=C(c2ccc(-c3cccnc3C)cc2Cl)C(=O)N1CC.CC. The molecular weight excluding hydrogens is 408 g/mol. The lowest BCUT2D eigenvalue weighted by Crippen LogP contribution is -2.40. The van der Waals surface area contributed by atoms with Gasteiger partial charge in [0.15, 0.2) is 0 Å². The Hall–Kier alpha value is -3.05. The standard InChI is InChI=1S/C23H23ClN4O.C2H6/c1-5-25-16(4)27-22-12-11-20(23(29)28(22)6-2)19-10-9-17(14-21(19)24)18-8-7-13-26-15(18)3;1-2/h5,7-11,13-14H,1,6,12H2,2-4H3;1-2H3. The molecule has 31 heavy (non-hydrogen) atoms. The molecule has 2 aromatic rings. The zero-order valence-electron chi connectivity index (χ0n) is 18.8. The molecule has 1 aliphatic heterocycles. The maximum Gasteiger partial charge on any atom is 0.259 e. The molecule has 0 aliphatic carbocycles. The number of amides is 1. The number of rotatable bonds is 4. The average Bonchev–Trinajstić information content (AvgIpc) is 2.76. The largest absolute Gasteiger partial charge is 0.296 e. The number of aliphatic imine (C=N–C) groups is 2. The third kappa shape index (κ3) is 5.56. The van der Waals surface area contributed by atoms with Gasteiger partial charge >= 0.3 is 0 Å². The van der Waals surface area contributed by atoms with Crippen molar-refractivity contribution in [2.75, 3.05) is 6.54 Å². The maximum atomic E-state index is 13.1. The van der Waals surface area contributed by atoms with Crippen LogP contribution in [0.1, 0.15) is 45.4 Å². The molecule has 1 amide bonds. The van der Waals surface area contributed by atoms with E-state index in [-0.39, 0.29) is 5.91 Å². The summed E-state index contributed by atoms with van der Waals surface area (Å²) in [5.74, 6) is 1.12. The van der Waals surface area contributed by atoms with Crippen molar-refractivity contribution in [1.82, 2.24) is 9.88 Å². The van der Waals surface area contributed by atoms with Crippen LogP contribution in [0.5, 0.6) is 0 Å². The number of likely N-dealkylation sites (N-methyl/N-ethyl adjacent to an activating group) is 1. The fourth-order valence-electron chi connectivity index (χ4n) is 3.35. The maximum absolute atomic E-state index is 13.1. The zero-order valence-corrected chi connectivity index (χ0v) is 19.6. The second kappa shape index (κ2) is 11.4. The second-order valence-corrected chi connectivity index (χ2v) is 7.00. The molecule has 1 aliphatic rings. The lowest BCUT2D eigenvalue weighted by atomic mass is 9.96. The predicted molar refractivity (Wildman–Crippen MR) is 131 cm³/mol. The first-order valence-electron chi connectivity index (χ1n) is 10.4. The summed E-state index contributed by atoms with van der Waals surface area (Å²) in [6.45, 7) is 13.8. The number of carbonyl (C=O) groups is 1. The average molecular weight is 437 g/mol. The van der Waals surface area contributed by atoms with Gasteiger partial charge < -0.3 is 0 Å². The van der Waals surface area contributed by atoms with Crippen LogP contribution in [0, 0.1) is 6.92 Å². The monoisotopic (exact) mass is 436 g/mol. The number of aryl methyl sites for hydroxylation is 1. The normalized spacial score (nSPS) is 15.4. The Morgan fingerprint density at radius 3 is 2.65 bits per heavy atom. The van der Waals surface area contributed by atoms with E-state index in [0.717, 1.165) is 22.4 Å². The number of hydrogen-bond acceptors (Lipinski definition) is 3. The number of hydrogen-bond donors (Lipinski definition) is 0. The molecule has 0 fully saturated rings. The van der Waals surface area contributed by atoms with Crippen molar-refractivity contribution in [2.45, 2.75) is 41.0 Å². The van der Waals surface area contributed by atoms with E-state index in [1.54, 1.807) is 18.0 Å². The Bertz CT molecular complexity index is 1050. The third-order valence-electron chi connectivity index (χ3n) is 4.74. The molecule has 0 spiro atoms. The molecule has 162 valence electrons. The lowest BCUT2D eigenvalue weighted by Gasteiger charge is -2.28. The van der Waals surface area contributed by atoms with E-state index in [1.165, 1.54) is 6.20 Å². The first kappa shape index (κ1) is 24.2. The minimum absolute atomic E-state index is 0.115. The van der Waals surface area contributed by atoms with E-state index >= 15 is 0 Å². The number of benzene rings is 1. The number of pyridine rings is 1. The fourth-order valence-corrected chi connectivity index (χ4v) is 3.63. The Morgan fingerprint density at radius 2 is 2.03 bits per heavy atom. The van der Waals surface area contributed by atoms with Crippen LogP contribution in [0.2, 0.25) is 5.02 Å². The highest BCUT2D eigenvalue weighted by molar-refractivity contribution is 6.36. The molecule has 0 bridgehead atoms. The smallest absolute Gasteiger partial charge is 0.259 e. The van der Waals surface area contributed by atoms with E-state index in [1.807, 2.05) is 64.1 Å². The van der Waals surface area contributed by atoms with Crippen LogP contribution in [-0.2, 0) is 4.79 Å². The molecule has 0 radical (unpaired) electrons. The van der Waals surface area contributed by atoms with Gasteiger partial charge in [-0.25, -0.2) is 9.98 Å².